The summed E-state index contributed by atoms with van der Waals surface area (Å²) >= 11 is 0. The minimum atomic E-state index is -0.544. The Kier molecular flexibility index (Phi) is 4.89. The van der Waals surface area contributed by atoms with Crippen LogP contribution >= 0.6 is 0 Å². The first kappa shape index (κ1) is 17.7. The second-order valence-electron chi connectivity index (χ2n) is 7.47. The molecule has 3 rings (SSSR count). The van der Waals surface area contributed by atoms with Gasteiger partial charge < -0.3 is 18.9 Å². The Morgan fingerprint density at radius 3 is 2.42 bits per heavy atom. The van der Waals surface area contributed by atoms with Crippen molar-refractivity contribution in [2.24, 2.45) is 23.2 Å². The lowest BCUT2D eigenvalue weighted by molar-refractivity contribution is -0.239. The van der Waals surface area contributed by atoms with Crippen molar-refractivity contribution in [3.8, 4) is 0 Å². The molecule has 24 heavy (non-hydrogen) atoms. The highest BCUT2D eigenvalue weighted by atomic mass is 16.7. The fourth-order valence-electron chi connectivity index (χ4n) is 5.33. The number of rotatable bonds is 4. The predicted molar refractivity (Wildman–Crippen MR) is 84.9 cm³/mol. The summed E-state index contributed by atoms with van der Waals surface area (Å²) < 4.78 is 21.9. The highest BCUT2D eigenvalue weighted by molar-refractivity contribution is 5.74. The van der Waals surface area contributed by atoms with Gasteiger partial charge in [0.1, 0.15) is 0 Å². The van der Waals surface area contributed by atoms with Crippen LogP contribution in [0.15, 0.2) is 0 Å². The van der Waals surface area contributed by atoms with Crippen LogP contribution in [0.3, 0.4) is 0 Å². The molecule has 0 bridgehead atoms. The average molecular weight is 340 g/mol. The van der Waals surface area contributed by atoms with Gasteiger partial charge in [0, 0.05) is 18.3 Å². The molecule has 1 aliphatic heterocycles. The number of carbonyl (C=O) groups excluding carboxylic acids is 2. The minimum absolute atomic E-state index is 0.145. The Bertz CT molecular complexity index is 498. The van der Waals surface area contributed by atoms with Gasteiger partial charge in [-0.3, -0.25) is 9.59 Å². The summed E-state index contributed by atoms with van der Waals surface area (Å²) in [6, 6.07) is 0. The maximum atomic E-state index is 12.6. The number of esters is 2. The third-order valence-electron chi connectivity index (χ3n) is 6.62. The van der Waals surface area contributed by atoms with Crippen molar-refractivity contribution in [3.05, 3.63) is 0 Å². The van der Waals surface area contributed by atoms with Crippen molar-refractivity contribution in [1.82, 2.24) is 0 Å². The number of hydrogen-bond donors (Lipinski definition) is 0. The fraction of sp³-hybridized carbons (Fsp3) is 0.889. The Morgan fingerprint density at radius 1 is 1.08 bits per heavy atom. The van der Waals surface area contributed by atoms with Crippen molar-refractivity contribution < 1.29 is 28.5 Å². The van der Waals surface area contributed by atoms with Gasteiger partial charge >= 0.3 is 11.9 Å². The normalized spacial score (nSPS) is 37.2. The lowest BCUT2D eigenvalue weighted by Crippen LogP contribution is -2.52. The fourth-order valence-corrected chi connectivity index (χ4v) is 5.33. The maximum absolute atomic E-state index is 12.6. The van der Waals surface area contributed by atoms with Crippen molar-refractivity contribution in [3.63, 3.8) is 0 Å². The third kappa shape index (κ3) is 2.64. The largest absolute Gasteiger partial charge is 0.469 e. The van der Waals surface area contributed by atoms with E-state index in [1.165, 1.54) is 14.2 Å². The molecule has 4 atom stereocenters. The quantitative estimate of drug-likeness (QED) is 0.731. The summed E-state index contributed by atoms with van der Waals surface area (Å²) in [6.07, 6.45) is 4.54. The van der Waals surface area contributed by atoms with Gasteiger partial charge in [0.15, 0.2) is 5.79 Å². The molecule has 1 heterocycles. The molecule has 0 amide bonds. The average Bonchev–Trinajstić information content (AvgIpc) is 3.18. The molecule has 1 spiro atoms. The first-order chi connectivity index (χ1) is 11.5. The van der Waals surface area contributed by atoms with Gasteiger partial charge in [0.25, 0.3) is 0 Å². The Balaban J connectivity index is 1.82. The molecule has 6 nitrogen and oxygen atoms in total. The molecule has 3 aliphatic rings. The monoisotopic (exact) mass is 340 g/mol. The summed E-state index contributed by atoms with van der Waals surface area (Å²) in [5, 5.41) is 0. The molecule has 6 heteroatoms. The summed E-state index contributed by atoms with van der Waals surface area (Å²) in [5.41, 5.74) is -0.176. The zero-order valence-corrected chi connectivity index (χ0v) is 14.8. The van der Waals surface area contributed by atoms with E-state index in [0.717, 1.165) is 25.7 Å². The predicted octanol–water partition coefficient (Wildman–Crippen LogP) is 2.30. The standard InChI is InChI=1S/C18H28O6/c1-17-8-6-12(4-5-14(19)21-2)15(16(20)22-3)13(17)7-9-18(17)23-10-11-24-18/h12-13,15H,4-11H2,1-3H3/t12?,13?,15?,17-/m0/s1. The molecule has 0 N–H and O–H groups in total. The van der Waals surface area contributed by atoms with Crippen molar-refractivity contribution in [2.45, 2.75) is 51.2 Å². The van der Waals surface area contributed by atoms with Crippen LogP contribution in [0.4, 0.5) is 0 Å². The van der Waals surface area contributed by atoms with E-state index in [2.05, 4.69) is 6.92 Å². The van der Waals surface area contributed by atoms with Crippen LogP contribution in [-0.2, 0) is 28.5 Å². The number of fused-ring (bicyclic) bond motifs is 2. The van der Waals surface area contributed by atoms with E-state index in [1.807, 2.05) is 0 Å². The SMILES string of the molecule is COC(=O)CCC1CC[C@@]2(C)C(CCC23OCCO3)C1C(=O)OC. The van der Waals surface area contributed by atoms with E-state index in [4.69, 9.17) is 18.9 Å². The van der Waals surface area contributed by atoms with Crippen molar-refractivity contribution in [1.29, 1.82) is 0 Å². The van der Waals surface area contributed by atoms with Crippen LogP contribution in [0.1, 0.15) is 45.4 Å². The molecule has 136 valence electrons. The molecule has 3 fully saturated rings. The van der Waals surface area contributed by atoms with E-state index in [-0.39, 0.29) is 35.1 Å². The van der Waals surface area contributed by atoms with Crippen LogP contribution < -0.4 is 0 Å². The molecular weight excluding hydrogens is 312 g/mol. The van der Waals surface area contributed by atoms with Gasteiger partial charge in [-0.15, -0.1) is 0 Å². The highest BCUT2D eigenvalue weighted by Gasteiger charge is 2.65. The van der Waals surface area contributed by atoms with E-state index >= 15 is 0 Å². The molecule has 0 aromatic carbocycles. The van der Waals surface area contributed by atoms with Crippen molar-refractivity contribution in [2.75, 3.05) is 27.4 Å². The van der Waals surface area contributed by atoms with Gasteiger partial charge in [-0.05, 0) is 37.5 Å². The maximum Gasteiger partial charge on any atom is 0.309 e. The minimum Gasteiger partial charge on any atom is -0.469 e. The number of hydrogen-bond acceptors (Lipinski definition) is 6. The van der Waals surface area contributed by atoms with Gasteiger partial charge in [-0.1, -0.05) is 6.92 Å². The number of ether oxygens (including phenoxy) is 4. The smallest absolute Gasteiger partial charge is 0.309 e. The van der Waals surface area contributed by atoms with Gasteiger partial charge in [0.05, 0.1) is 33.4 Å². The number of carbonyl (C=O) groups is 2. The lowest BCUT2D eigenvalue weighted by Gasteiger charge is -2.50. The van der Waals surface area contributed by atoms with Gasteiger partial charge in [-0.25, -0.2) is 0 Å². The van der Waals surface area contributed by atoms with Crippen LogP contribution in [0.2, 0.25) is 0 Å². The Morgan fingerprint density at radius 2 is 1.79 bits per heavy atom. The first-order valence-corrected chi connectivity index (χ1v) is 8.90. The molecule has 2 aliphatic carbocycles. The molecule has 0 radical (unpaired) electrons. The molecule has 1 saturated heterocycles. The Hall–Kier alpha value is -1.14. The summed E-state index contributed by atoms with van der Waals surface area (Å²) in [7, 11) is 2.84. The molecule has 0 aromatic rings. The topological polar surface area (TPSA) is 71.1 Å². The highest BCUT2D eigenvalue weighted by Crippen LogP contribution is 2.63. The molecule has 3 unspecified atom stereocenters. The second kappa shape index (κ2) is 6.64. The van der Waals surface area contributed by atoms with Crippen LogP contribution in [0.5, 0.6) is 0 Å². The first-order valence-electron chi connectivity index (χ1n) is 8.90. The van der Waals surface area contributed by atoms with Crippen LogP contribution in [0.25, 0.3) is 0 Å². The molecular formula is C18H28O6. The number of methoxy groups -OCH3 is 2. The zero-order valence-electron chi connectivity index (χ0n) is 14.8. The lowest BCUT2D eigenvalue weighted by atomic mass is 9.58. The van der Waals surface area contributed by atoms with E-state index in [9.17, 15) is 9.59 Å². The van der Waals surface area contributed by atoms with Gasteiger partial charge in [0.2, 0.25) is 0 Å². The van der Waals surface area contributed by atoms with Gasteiger partial charge in [-0.2, -0.15) is 0 Å². The summed E-state index contributed by atoms with van der Waals surface area (Å²) in [6.45, 7) is 3.44. The zero-order chi connectivity index (χ0) is 17.4. The van der Waals surface area contributed by atoms with E-state index in [1.54, 1.807) is 0 Å². The molecule has 2 saturated carbocycles. The summed E-state index contributed by atoms with van der Waals surface area (Å²) in [5.74, 6) is -0.832. The van der Waals surface area contributed by atoms with Crippen LogP contribution in [0, 0.1) is 23.2 Å². The van der Waals surface area contributed by atoms with E-state index in [0.29, 0.717) is 26.1 Å². The third-order valence-corrected chi connectivity index (χ3v) is 6.62. The van der Waals surface area contributed by atoms with E-state index < -0.39 is 5.79 Å². The molecule has 0 aromatic heterocycles. The second-order valence-corrected chi connectivity index (χ2v) is 7.47. The van der Waals surface area contributed by atoms with Crippen molar-refractivity contribution >= 4 is 11.9 Å². The summed E-state index contributed by atoms with van der Waals surface area (Å²) in [4.78, 5) is 24.1. The van der Waals surface area contributed by atoms with Crippen LogP contribution in [-0.4, -0.2) is 45.2 Å². The Labute approximate surface area is 143 Å².